The molecular formula is C13H12O2S2. The van der Waals surface area contributed by atoms with Gasteiger partial charge in [-0.3, -0.25) is 0 Å². The SMILES string of the molecule is CCOC(=O)c1ccccc1Sc1cccs1. The van der Waals surface area contributed by atoms with Gasteiger partial charge in [0.1, 0.15) is 0 Å². The molecule has 2 nitrogen and oxygen atoms in total. The highest BCUT2D eigenvalue weighted by molar-refractivity contribution is 8.01. The lowest BCUT2D eigenvalue weighted by Gasteiger charge is -2.06. The molecule has 0 bridgehead atoms. The van der Waals surface area contributed by atoms with Crippen molar-refractivity contribution in [1.29, 1.82) is 0 Å². The zero-order chi connectivity index (χ0) is 12.1. The highest BCUT2D eigenvalue weighted by atomic mass is 32.2. The van der Waals surface area contributed by atoms with Gasteiger partial charge in [0.2, 0.25) is 0 Å². The van der Waals surface area contributed by atoms with Crippen LogP contribution in [0.2, 0.25) is 0 Å². The number of esters is 1. The Morgan fingerprint density at radius 2 is 2.12 bits per heavy atom. The summed E-state index contributed by atoms with van der Waals surface area (Å²) in [5.74, 6) is -0.257. The van der Waals surface area contributed by atoms with Crippen molar-refractivity contribution in [3.8, 4) is 0 Å². The van der Waals surface area contributed by atoms with E-state index in [-0.39, 0.29) is 5.97 Å². The van der Waals surface area contributed by atoms with Gasteiger partial charge in [-0.2, -0.15) is 0 Å². The first-order valence-corrected chi connectivity index (χ1v) is 6.98. The maximum absolute atomic E-state index is 11.8. The largest absolute Gasteiger partial charge is 0.462 e. The molecule has 2 aromatic rings. The third-order valence-electron chi connectivity index (χ3n) is 2.09. The first kappa shape index (κ1) is 12.2. The number of ether oxygens (including phenoxy) is 1. The van der Waals surface area contributed by atoms with Gasteiger partial charge in [-0.15, -0.1) is 11.3 Å². The van der Waals surface area contributed by atoms with Crippen LogP contribution in [0.5, 0.6) is 0 Å². The van der Waals surface area contributed by atoms with Crippen molar-refractivity contribution in [3.63, 3.8) is 0 Å². The smallest absolute Gasteiger partial charge is 0.339 e. The van der Waals surface area contributed by atoms with Gasteiger partial charge in [0.15, 0.2) is 0 Å². The van der Waals surface area contributed by atoms with E-state index >= 15 is 0 Å². The van der Waals surface area contributed by atoms with Gasteiger partial charge in [-0.05, 0) is 30.5 Å². The standard InChI is InChI=1S/C13H12O2S2/c1-2-15-13(14)10-6-3-4-7-11(10)17-12-8-5-9-16-12/h3-9H,2H2,1H3. The van der Waals surface area contributed by atoms with E-state index in [1.807, 2.05) is 42.6 Å². The summed E-state index contributed by atoms with van der Waals surface area (Å²) < 4.78 is 6.21. The molecule has 0 saturated carbocycles. The van der Waals surface area contributed by atoms with Crippen molar-refractivity contribution in [2.24, 2.45) is 0 Å². The maximum atomic E-state index is 11.8. The Kier molecular flexibility index (Phi) is 4.23. The third-order valence-corrected chi connectivity index (χ3v) is 4.20. The molecule has 0 radical (unpaired) electrons. The number of carbonyl (C=O) groups excluding carboxylic acids is 1. The fraction of sp³-hybridized carbons (Fsp3) is 0.154. The minimum Gasteiger partial charge on any atom is -0.462 e. The summed E-state index contributed by atoms with van der Waals surface area (Å²) in [6.07, 6.45) is 0. The summed E-state index contributed by atoms with van der Waals surface area (Å²) in [5.41, 5.74) is 0.632. The summed E-state index contributed by atoms with van der Waals surface area (Å²) in [5, 5.41) is 2.02. The van der Waals surface area contributed by atoms with Crippen LogP contribution in [-0.4, -0.2) is 12.6 Å². The van der Waals surface area contributed by atoms with Gasteiger partial charge in [0, 0.05) is 4.90 Å². The minimum atomic E-state index is -0.257. The summed E-state index contributed by atoms with van der Waals surface area (Å²) in [6.45, 7) is 2.21. The molecule has 0 N–H and O–H groups in total. The van der Waals surface area contributed by atoms with E-state index in [4.69, 9.17) is 4.74 Å². The second kappa shape index (κ2) is 5.89. The van der Waals surface area contributed by atoms with Crippen LogP contribution in [0.4, 0.5) is 0 Å². The van der Waals surface area contributed by atoms with Gasteiger partial charge in [0.05, 0.1) is 16.4 Å². The Hall–Kier alpha value is -1.26. The molecule has 0 atom stereocenters. The van der Waals surface area contributed by atoms with E-state index in [1.54, 1.807) is 29.2 Å². The Morgan fingerprint density at radius 1 is 1.29 bits per heavy atom. The second-order valence-corrected chi connectivity index (χ2v) is 5.54. The van der Waals surface area contributed by atoms with Crippen molar-refractivity contribution >= 4 is 29.1 Å². The van der Waals surface area contributed by atoms with Crippen molar-refractivity contribution < 1.29 is 9.53 Å². The quantitative estimate of drug-likeness (QED) is 0.778. The van der Waals surface area contributed by atoms with Crippen LogP contribution in [0.3, 0.4) is 0 Å². The van der Waals surface area contributed by atoms with Gasteiger partial charge in [-0.1, -0.05) is 30.0 Å². The lowest BCUT2D eigenvalue weighted by molar-refractivity contribution is 0.0522. The molecule has 0 unspecified atom stereocenters. The molecule has 0 amide bonds. The Labute approximate surface area is 109 Å². The third kappa shape index (κ3) is 3.11. The number of thiophene rings is 1. The van der Waals surface area contributed by atoms with Crippen LogP contribution in [0.1, 0.15) is 17.3 Å². The lowest BCUT2D eigenvalue weighted by Crippen LogP contribution is -2.05. The molecule has 4 heteroatoms. The molecule has 0 aliphatic heterocycles. The van der Waals surface area contributed by atoms with Gasteiger partial charge in [0.25, 0.3) is 0 Å². The number of rotatable bonds is 4. The normalized spacial score (nSPS) is 10.2. The summed E-state index contributed by atoms with van der Waals surface area (Å²) in [6, 6.07) is 11.6. The molecular weight excluding hydrogens is 252 g/mol. The van der Waals surface area contributed by atoms with Crippen molar-refractivity contribution in [1.82, 2.24) is 0 Å². The fourth-order valence-electron chi connectivity index (χ4n) is 1.36. The molecule has 0 fully saturated rings. The summed E-state index contributed by atoms with van der Waals surface area (Å²) >= 11 is 3.26. The van der Waals surface area contributed by atoms with E-state index in [2.05, 4.69) is 0 Å². The van der Waals surface area contributed by atoms with Crippen molar-refractivity contribution in [2.45, 2.75) is 16.0 Å². The zero-order valence-corrected chi connectivity index (χ0v) is 11.0. The van der Waals surface area contributed by atoms with E-state index in [0.29, 0.717) is 12.2 Å². The van der Waals surface area contributed by atoms with Crippen LogP contribution in [0.25, 0.3) is 0 Å². The molecule has 1 aromatic heterocycles. The predicted molar refractivity (Wildman–Crippen MR) is 70.8 cm³/mol. The average Bonchev–Trinajstić information content (AvgIpc) is 2.83. The van der Waals surface area contributed by atoms with Gasteiger partial charge >= 0.3 is 5.97 Å². The van der Waals surface area contributed by atoms with Crippen LogP contribution >= 0.6 is 23.1 Å². The molecule has 0 aliphatic carbocycles. The number of carbonyl (C=O) groups is 1. The monoisotopic (exact) mass is 264 g/mol. The van der Waals surface area contributed by atoms with E-state index in [9.17, 15) is 4.79 Å². The zero-order valence-electron chi connectivity index (χ0n) is 9.38. The molecule has 17 heavy (non-hydrogen) atoms. The highest BCUT2D eigenvalue weighted by Crippen LogP contribution is 2.33. The Bertz CT molecular complexity index is 492. The maximum Gasteiger partial charge on any atom is 0.339 e. The number of benzene rings is 1. The fourth-order valence-corrected chi connectivity index (χ4v) is 3.21. The van der Waals surface area contributed by atoms with Gasteiger partial charge in [-0.25, -0.2) is 4.79 Å². The summed E-state index contributed by atoms with van der Waals surface area (Å²) in [7, 11) is 0. The lowest BCUT2D eigenvalue weighted by atomic mass is 10.2. The number of hydrogen-bond donors (Lipinski definition) is 0. The molecule has 1 heterocycles. The van der Waals surface area contributed by atoms with E-state index in [0.717, 1.165) is 4.90 Å². The second-order valence-electron chi connectivity index (χ2n) is 3.25. The van der Waals surface area contributed by atoms with E-state index < -0.39 is 0 Å². The minimum absolute atomic E-state index is 0.257. The molecule has 0 saturated heterocycles. The summed E-state index contributed by atoms with van der Waals surface area (Å²) in [4.78, 5) is 12.7. The van der Waals surface area contributed by atoms with E-state index in [1.165, 1.54) is 4.21 Å². The van der Waals surface area contributed by atoms with Crippen LogP contribution in [-0.2, 0) is 4.74 Å². The Balaban J connectivity index is 2.24. The molecule has 0 spiro atoms. The van der Waals surface area contributed by atoms with Crippen molar-refractivity contribution in [2.75, 3.05) is 6.61 Å². The number of hydrogen-bond acceptors (Lipinski definition) is 4. The molecule has 0 aliphatic rings. The highest BCUT2D eigenvalue weighted by Gasteiger charge is 2.12. The average molecular weight is 264 g/mol. The first-order chi connectivity index (χ1) is 8.31. The van der Waals surface area contributed by atoms with Crippen LogP contribution in [0.15, 0.2) is 50.9 Å². The Morgan fingerprint density at radius 3 is 2.82 bits per heavy atom. The first-order valence-electron chi connectivity index (χ1n) is 5.28. The van der Waals surface area contributed by atoms with Crippen molar-refractivity contribution in [3.05, 3.63) is 47.3 Å². The molecule has 1 aromatic carbocycles. The molecule has 2 rings (SSSR count). The van der Waals surface area contributed by atoms with Crippen LogP contribution < -0.4 is 0 Å². The predicted octanol–water partition coefficient (Wildman–Crippen LogP) is 4.08. The topological polar surface area (TPSA) is 26.3 Å². The van der Waals surface area contributed by atoms with Crippen LogP contribution in [0, 0.1) is 0 Å². The van der Waals surface area contributed by atoms with Gasteiger partial charge < -0.3 is 4.74 Å². The molecule has 88 valence electrons.